The van der Waals surface area contributed by atoms with Crippen LogP contribution in [0.15, 0.2) is 54.6 Å². The fraction of sp³-hybridized carbons (Fsp3) is 0.278. The van der Waals surface area contributed by atoms with Crippen molar-refractivity contribution in [1.82, 2.24) is 4.48 Å². The summed E-state index contributed by atoms with van der Waals surface area (Å²) in [6, 6.07) is 16.8. The number of rotatable bonds is 5. The summed E-state index contributed by atoms with van der Waals surface area (Å²) in [4.78, 5) is 12.1. The van der Waals surface area contributed by atoms with Crippen LogP contribution in [-0.2, 0) is 0 Å². The molecule has 0 heterocycles. The Labute approximate surface area is 142 Å². The van der Waals surface area contributed by atoms with Crippen molar-refractivity contribution in [3.63, 3.8) is 0 Å². The SMILES string of the molecule is CC[N+](C)(CC)c1cccc(OC(=O)c2ccccc2)c1.[Br-]. The first kappa shape index (κ1) is 18.4. The summed E-state index contributed by atoms with van der Waals surface area (Å²) in [6.45, 7) is 6.30. The molecular formula is C18H22BrNO2. The van der Waals surface area contributed by atoms with E-state index in [2.05, 4.69) is 27.0 Å². The summed E-state index contributed by atoms with van der Waals surface area (Å²) in [5, 5.41) is 0. The van der Waals surface area contributed by atoms with Gasteiger partial charge in [0.05, 0.1) is 25.7 Å². The Bertz CT molecular complexity index is 609. The first-order chi connectivity index (χ1) is 10.1. The number of nitrogens with zero attached hydrogens (tertiary/aromatic N) is 1. The van der Waals surface area contributed by atoms with Crippen LogP contribution in [0.3, 0.4) is 0 Å². The zero-order valence-electron chi connectivity index (χ0n) is 13.3. The third-order valence-corrected chi connectivity index (χ3v) is 4.06. The zero-order chi connectivity index (χ0) is 15.3. The Morgan fingerprint density at radius 2 is 1.64 bits per heavy atom. The average Bonchev–Trinajstić information content (AvgIpc) is 2.55. The number of halogens is 1. The molecule has 4 heteroatoms. The van der Waals surface area contributed by atoms with Gasteiger partial charge in [-0.15, -0.1) is 0 Å². The molecule has 118 valence electrons. The summed E-state index contributed by atoms with van der Waals surface area (Å²) < 4.78 is 6.29. The van der Waals surface area contributed by atoms with Crippen molar-refractivity contribution in [2.24, 2.45) is 0 Å². The van der Waals surface area contributed by atoms with Gasteiger partial charge in [0.2, 0.25) is 0 Å². The molecule has 0 saturated carbocycles. The molecule has 0 aliphatic heterocycles. The smallest absolute Gasteiger partial charge is 0.343 e. The maximum atomic E-state index is 12.1. The van der Waals surface area contributed by atoms with Crippen LogP contribution >= 0.6 is 0 Å². The van der Waals surface area contributed by atoms with Gasteiger partial charge in [-0.25, -0.2) is 4.79 Å². The van der Waals surface area contributed by atoms with Crippen molar-refractivity contribution in [3.05, 3.63) is 60.2 Å². The van der Waals surface area contributed by atoms with Gasteiger partial charge < -0.3 is 21.7 Å². The lowest BCUT2D eigenvalue weighted by molar-refractivity contribution is -0.0000173. The fourth-order valence-electron chi connectivity index (χ4n) is 2.21. The highest BCUT2D eigenvalue weighted by atomic mass is 79.9. The third kappa shape index (κ3) is 4.18. The van der Waals surface area contributed by atoms with Gasteiger partial charge in [-0.05, 0) is 38.1 Å². The summed E-state index contributed by atoms with van der Waals surface area (Å²) in [5.41, 5.74) is 1.71. The van der Waals surface area contributed by atoms with E-state index in [-0.39, 0.29) is 23.0 Å². The molecule has 22 heavy (non-hydrogen) atoms. The van der Waals surface area contributed by atoms with Crippen LogP contribution in [0, 0.1) is 0 Å². The number of carbonyl (C=O) groups excluding carboxylic acids is 1. The van der Waals surface area contributed by atoms with Gasteiger partial charge in [-0.3, -0.25) is 4.48 Å². The number of carbonyl (C=O) groups is 1. The molecule has 0 saturated heterocycles. The molecule has 0 aliphatic carbocycles. The Hall–Kier alpha value is -1.65. The maximum Gasteiger partial charge on any atom is 0.343 e. The Morgan fingerprint density at radius 3 is 2.23 bits per heavy atom. The average molecular weight is 364 g/mol. The molecule has 3 nitrogen and oxygen atoms in total. The molecule has 0 spiro atoms. The zero-order valence-corrected chi connectivity index (χ0v) is 14.8. The molecule has 0 radical (unpaired) electrons. The molecule has 0 atom stereocenters. The highest BCUT2D eigenvalue weighted by Gasteiger charge is 2.21. The molecule has 0 amide bonds. The monoisotopic (exact) mass is 363 g/mol. The number of benzene rings is 2. The molecule has 2 aromatic rings. The lowest BCUT2D eigenvalue weighted by Crippen LogP contribution is -3.00. The van der Waals surface area contributed by atoms with Gasteiger partial charge in [-0.1, -0.05) is 24.3 Å². The largest absolute Gasteiger partial charge is 1.00 e. The first-order valence-corrected chi connectivity index (χ1v) is 7.31. The molecule has 0 aliphatic rings. The van der Waals surface area contributed by atoms with Crippen molar-refractivity contribution in [2.45, 2.75) is 13.8 Å². The van der Waals surface area contributed by atoms with Gasteiger partial charge in [0.25, 0.3) is 0 Å². The van der Waals surface area contributed by atoms with Crippen molar-refractivity contribution in [1.29, 1.82) is 0 Å². The highest BCUT2D eigenvalue weighted by molar-refractivity contribution is 5.91. The normalized spacial score (nSPS) is 10.7. The molecule has 2 rings (SSSR count). The molecule has 0 unspecified atom stereocenters. The van der Waals surface area contributed by atoms with Gasteiger partial charge in [0.1, 0.15) is 11.4 Å². The van der Waals surface area contributed by atoms with Gasteiger partial charge in [-0.2, -0.15) is 0 Å². The molecule has 0 aromatic heterocycles. The summed E-state index contributed by atoms with van der Waals surface area (Å²) >= 11 is 0. The predicted molar refractivity (Wildman–Crippen MR) is 86.6 cm³/mol. The topological polar surface area (TPSA) is 26.3 Å². The number of quaternary nitrogens is 1. The van der Waals surface area contributed by atoms with Gasteiger partial charge in [0, 0.05) is 6.07 Å². The van der Waals surface area contributed by atoms with E-state index in [1.165, 1.54) is 0 Å². The minimum atomic E-state index is -0.324. The number of hydrogen-bond acceptors (Lipinski definition) is 2. The predicted octanol–water partition coefficient (Wildman–Crippen LogP) is 0.887. The minimum absolute atomic E-state index is 0. The van der Waals surface area contributed by atoms with Crippen LogP contribution in [0.5, 0.6) is 5.75 Å². The van der Waals surface area contributed by atoms with Crippen molar-refractivity contribution < 1.29 is 26.5 Å². The Balaban J connectivity index is 0.00000242. The van der Waals surface area contributed by atoms with E-state index in [4.69, 9.17) is 4.74 Å². The van der Waals surface area contributed by atoms with Crippen LogP contribution in [0.4, 0.5) is 5.69 Å². The standard InChI is InChI=1S/C18H22NO2.BrH/c1-4-19(3,5-2)16-12-9-13-17(14-16)21-18(20)15-10-7-6-8-11-15;/h6-14H,4-5H2,1-3H3;1H/q+1;/p-1. The molecule has 0 N–H and O–H groups in total. The number of esters is 1. The van der Waals surface area contributed by atoms with Gasteiger partial charge in [0.15, 0.2) is 0 Å². The summed E-state index contributed by atoms with van der Waals surface area (Å²) in [5.74, 6) is 0.266. The van der Waals surface area contributed by atoms with E-state index < -0.39 is 0 Å². The van der Waals surface area contributed by atoms with Crippen LogP contribution in [0.2, 0.25) is 0 Å². The van der Waals surface area contributed by atoms with Crippen LogP contribution in [0.25, 0.3) is 0 Å². The molecule has 0 bridgehead atoms. The lowest BCUT2D eigenvalue weighted by atomic mass is 10.2. The van der Waals surface area contributed by atoms with Crippen molar-refractivity contribution in [3.8, 4) is 5.75 Å². The first-order valence-electron chi connectivity index (χ1n) is 7.31. The number of ether oxygens (including phenoxy) is 1. The van der Waals surface area contributed by atoms with E-state index in [1.807, 2.05) is 36.4 Å². The Morgan fingerprint density at radius 1 is 1.00 bits per heavy atom. The lowest BCUT2D eigenvalue weighted by Gasteiger charge is -2.31. The summed E-state index contributed by atoms with van der Waals surface area (Å²) in [6.07, 6.45) is 0. The van der Waals surface area contributed by atoms with Crippen molar-refractivity contribution in [2.75, 3.05) is 20.1 Å². The highest BCUT2D eigenvalue weighted by Crippen LogP contribution is 2.26. The second-order valence-corrected chi connectivity index (χ2v) is 5.28. The van der Waals surface area contributed by atoms with E-state index in [0.717, 1.165) is 23.3 Å². The second-order valence-electron chi connectivity index (χ2n) is 5.28. The summed E-state index contributed by atoms with van der Waals surface area (Å²) in [7, 11) is 2.18. The van der Waals surface area contributed by atoms with Crippen LogP contribution in [0.1, 0.15) is 24.2 Å². The quantitative estimate of drug-likeness (QED) is 0.448. The third-order valence-electron chi connectivity index (χ3n) is 4.06. The van der Waals surface area contributed by atoms with Crippen LogP contribution < -0.4 is 26.2 Å². The Kier molecular flexibility index (Phi) is 6.78. The van der Waals surface area contributed by atoms with E-state index in [9.17, 15) is 4.79 Å². The fourth-order valence-corrected chi connectivity index (χ4v) is 2.21. The van der Waals surface area contributed by atoms with Gasteiger partial charge >= 0.3 is 5.97 Å². The number of hydrogen-bond donors (Lipinski definition) is 0. The van der Waals surface area contributed by atoms with E-state index >= 15 is 0 Å². The minimum Gasteiger partial charge on any atom is -1.00 e. The van der Waals surface area contributed by atoms with Crippen LogP contribution in [-0.4, -0.2) is 26.1 Å². The molecule has 0 fully saturated rings. The van der Waals surface area contributed by atoms with Crippen molar-refractivity contribution >= 4 is 11.7 Å². The van der Waals surface area contributed by atoms with E-state index in [1.54, 1.807) is 12.1 Å². The van der Waals surface area contributed by atoms with E-state index in [0.29, 0.717) is 11.3 Å². The second kappa shape index (κ2) is 8.11. The molecular weight excluding hydrogens is 342 g/mol. The maximum absolute atomic E-state index is 12.1. The molecule has 2 aromatic carbocycles.